The van der Waals surface area contributed by atoms with E-state index >= 15 is 0 Å². The molecule has 1 rings (SSSR count). The van der Waals surface area contributed by atoms with E-state index in [9.17, 15) is 12.9 Å². The van der Waals surface area contributed by atoms with Crippen LogP contribution in [-0.4, -0.2) is 6.98 Å². The van der Waals surface area contributed by atoms with E-state index in [1.54, 1.807) is 6.07 Å². The molecule has 13 heavy (non-hydrogen) atoms. The topological polar surface area (TPSA) is 26.0 Å². The Morgan fingerprint density at radius 2 is 1.85 bits per heavy atom. The van der Waals surface area contributed by atoms with Gasteiger partial charge < -0.3 is 18.7 Å². The van der Waals surface area contributed by atoms with Crippen LogP contribution in [0.4, 0.5) is 12.9 Å². The number of benzene rings is 1. The van der Waals surface area contributed by atoms with Gasteiger partial charge in [-0.25, -0.2) is 0 Å². The van der Waals surface area contributed by atoms with Gasteiger partial charge in [-0.15, -0.1) is 5.46 Å². The van der Waals surface area contributed by atoms with Crippen molar-refractivity contribution in [3.05, 3.63) is 29.8 Å². The first kappa shape index (κ1) is 13.7. The molecule has 0 aromatic heterocycles. The molecule has 6 heteroatoms. The van der Waals surface area contributed by atoms with Gasteiger partial charge in [0.05, 0.1) is 0 Å². The minimum atomic E-state index is -4.89. The van der Waals surface area contributed by atoms with Gasteiger partial charge in [0, 0.05) is 6.54 Å². The molecule has 0 aliphatic rings. The van der Waals surface area contributed by atoms with Crippen LogP contribution in [0.1, 0.15) is 5.56 Å². The fourth-order valence-electron chi connectivity index (χ4n) is 0.924. The summed E-state index contributed by atoms with van der Waals surface area (Å²) in [6, 6.07) is 5.08. The van der Waals surface area contributed by atoms with E-state index in [-0.39, 0.29) is 57.9 Å². The molecule has 0 atom stereocenters. The largest absolute Gasteiger partial charge is 1.00 e. The number of rotatable bonds is 2. The maximum Gasteiger partial charge on any atom is 1.00 e. The van der Waals surface area contributed by atoms with Crippen molar-refractivity contribution in [3.63, 3.8) is 0 Å². The molecule has 1 aromatic carbocycles. The van der Waals surface area contributed by atoms with Crippen LogP contribution in [0.5, 0.6) is 0 Å². The van der Waals surface area contributed by atoms with E-state index in [4.69, 9.17) is 5.73 Å². The van der Waals surface area contributed by atoms with E-state index in [2.05, 4.69) is 0 Å². The van der Waals surface area contributed by atoms with Crippen molar-refractivity contribution in [2.75, 3.05) is 0 Å². The second kappa shape index (κ2) is 5.53. The van der Waals surface area contributed by atoms with Gasteiger partial charge in [0.15, 0.2) is 0 Å². The van der Waals surface area contributed by atoms with Gasteiger partial charge in [-0.3, -0.25) is 0 Å². The molecule has 0 aliphatic carbocycles. The fourth-order valence-corrected chi connectivity index (χ4v) is 0.924. The van der Waals surface area contributed by atoms with Crippen molar-refractivity contribution in [2.45, 2.75) is 6.54 Å². The van der Waals surface area contributed by atoms with E-state index in [1.807, 2.05) is 0 Å². The van der Waals surface area contributed by atoms with Crippen LogP contribution in [0, 0.1) is 0 Å². The van der Waals surface area contributed by atoms with Crippen LogP contribution in [0.2, 0.25) is 0 Å². The molecule has 66 valence electrons. The van der Waals surface area contributed by atoms with Crippen LogP contribution < -0.4 is 62.6 Å². The van der Waals surface area contributed by atoms with Crippen molar-refractivity contribution in [2.24, 2.45) is 5.73 Å². The van der Waals surface area contributed by atoms with Crippen molar-refractivity contribution in [1.29, 1.82) is 0 Å². The molecule has 0 fully saturated rings. The number of hydrogen-bond acceptors (Lipinski definition) is 1. The van der Waals surface area contributed by atoms with Gasteiger partial charge >= 0.3 is 58.4 Å². The summed E-state index contributed by atoms with van der Waals surface area (Å²) in [5, 5.41) is 0. The second-order valence-corrected chi connectivity index (χ2v) is 2.52. The zero-order chi connectivity index (χ0) is 9.19. The molecule has 2 N–H and O–H groups in total. The predicted octanol–water partition coefficient (Wildman–Crippen LogP) is -1.80. The summed E-state index contributed by atoms with van der Waals surface area (Å²) in [5.41, 5.74) is 5.12. The normalized spacial score (nSPS) is 10.8. The first-order valence-electron chi connectivity index (χ1n) is 3.53. The summed E-state index contributed by atoms with van der Waals surface area (Å²) in [4.78, 5) is 0. The minimum Gasteiger partial charge on any atom is -0.445 e. The van der Waals surface area contributed by atoms with E-state index in [1.165, 1.54) is 6.07 Å². The Labute approximate surface area is 117 Å². The summed E-state index contributed by atoms with van der Waals surface area (Å²) in [5.74, 6) is 0. The van der Waals surface area contributed by atoms with Gasteiger partial charge in [-0.1, -0.05) is 24.3 Å². The summed E-state index contributed by atoms with van der Waals surface area (Å²) >= 11 is 0. The van der Waals surface area contributed by atoms with Gasteiger partial charge in [0.1, 0.15) is 0 Å². The Kier molecular flexibility index (Phi) is 5.81. The molecule has 0 bridgehead atoms. The average molecular weight is 213 g/mol. The summed E-state index contributed by atoms with van der Waals surface area (Å²) in [6.07, 6.45) is 0. The first-order valence-corrected chi connectivity index (χ1v) is 3.53. The fraction of sp³-hybridized carbons (Fsp3) is 0.143. The third-order valence-electron chi connectivity index (χ3n) is 1.56. The predicted molar refractivity (Wildman–Crippen MR) is 43.0 cm³/mol. The zero-order valence-corrected chi connectivity index (χ0v) is 10.4. The first-order chi connectivity index (χ1) is 5.54. The molecule has 0 unspecified atom stereocenters. The molecular formula is C7H8BF3KN. The third kappa shape index (κ3) is 4.14. The van der Waals surface area contributed by atoms with Crippen molar-refractivity contribution < 1.29 is 64.3 Å². The zero-order valence-electron chi connectivity index (χ0n) is 7.31. The van der Waals surface area contributed by atoms with Crippen LogP contribution in [0.15, 0.2) is 24.3 Å². The number of nitrogens with two attached hydrogens (primary N) is 1. The molecule has 0 radical (unpaired) electrons. The van der Waals surface area contributed by atoms with Crippen LogP contribution in [-0.2, 0) is 6.54 Å². The molecular weight excluding hydrogens is 205 g/mol. The van der Waals surface area contributed by atoms with E-state index in [0.29, 0.717) is 5.56 Å². The Morgan fingerprint density at radius 1 is 1.23 bits per heavy atom. The Hall–Kier alpha value is 0.671. The molecule has 1 aromatic rings. The maximum absolute atomic E-state index is 12.1. The van der Waals surface area contributed by atoms with Gasteiger partial charge in [0.25, 0.3) is 0 Å². The number of halogens is 3. The molecule has 0 saturated heterocycles. The smallest absolute Gasteiger partial charge is 0.445 e. The van der Waals surface area contributed by atoms with Crippen molar-refractivity contribution in [1.82, 2.24) is 0 Å². The minimum absolute atomic E-state index is 0. The molecule has 0 spiro atoms. The second-order valence-electron chi connectivity index (χ2n) is 2.52. The monoisotopic (exact) mass is 213 g/mol. The summed E-state index contributed by atoms with van der Waals surface area (Å²) < 4.78 is 36.4. The molecule has 0 aliphatic heterocycles. The Morgan fingerprint density at radius 3 is 2.31 bits per heavy atom. The van der Waals surface area contributed by atoms with Gasteiger partial charge in [-0.05, 0) is 5.56 Å². The van der Waals surface area contributed by atoms with Gasteiger partial charge in [0.2, 0.25) is 0 Å². The van der Waals surface area contributed by atoms with E-state index in [0.717, 1.165) is 12.1 Å². The molecule has 0 saturated carbocycles. The molecule has 0 amide bonds. The van der Waals surface area contributed by atoms with Crippen LogP contribution in [0.3, 0.4) is 0 Å². The average Bonchev–Trinajstić information content (AvgIpc) is 2.03. The van der Waals surface area contributed by atoms with E-state index < -0.39 is 12.4 Å². The number of hydrogen-bond donors (Lipinski definition) is 1. The summed E-state index contributed by atoms with van der Waals surface area (Å²) in [6.45, 7) is -4.75. The quantitative estimate of drug-likeness (QED) is 0.576. The van der Waals surface area contributed by atoms with Crippen molar-refractivity contribution in [3.8, 4) is 0 Å². The van der Waals surface area contributed by atoms with Crippen LogP contribution >= 0.6 is 0 Å². The van der Waals surface area contributed by atoms with Crippen LogP contribution in [0.25, 0.3) is 0 Å². The Bertz CT molecular complexity index is 277. The standard InChI is InChI=1S/C7H8BF3N.K/c9-8(10,11)7-3-1-2-6(4-7)5-12;/h1-4H,5,12H2;/q-1;+1. The molecule has 0 heterocycles. The summed E-state index contributed by atoms with van der Waals surface area (Å²) in [7, 11) is 0. The molecule has 1 nitrogen and oxygen atoms in total. The van der Waals surface area contributed by atoms with Crippen molar-refractivity contribution >= 4 is 12.4 Å². The Balaban J connectivity index is 0.00000144. The van der Waals surface area contributed by atoms with Gasteiger partial charge in [-0.2, -0.15) is 0 Å². The SMILES string of the molecule is NCc1cccc([B-](F)(F)F)c1.[K+]. The maximum atomic E-state index is 12.1. The third-order valence-corrected chi connectivity index (χ3v) is 1.56.